The number of nitrogens with one attached hydrogen (secondary N) is 2. The number of thioether (sulfide) groups is 1. The molecule has 3 heterocycles. The highest BCUT2D eigenvalue weighted by molar-refractivity contribution is 8.00. The Hall–Kier alpha value is -3.01. The molecular formula is C26H27FN4O3S. The molecule has 2 aliphatic rings. The molecule has 3 aromatic rings. The topological polar surface area (TPSA) is 85.4 Å². The number of rotatable bonds is 10. The third-order valence-electron chi connectivity index (χ3n) is 5.94. The van der Waals surface area contributed by atoms with E-state index in [4.69, 9.17) is 9.47 Å². The lowest BCUT2D eigenvalue weighted by Gasteiger charge is -2.12. The fourth-order valence-corrected chi connectivity index (χ4v) is 5.14. The summed E-state index contributed by atoms with van der Waals surface area (Å²) in [6.45, 7) is 2.20. The normalized spacial score (nSPS) is 16.7. The Labute approximate surface area is 207 Å². The monoisotopic (exact) mass is 494 g/mol. The van der Waals surface area contributed by atoms with Gasteiger partial charge in [-0.1, -0.05) is 6.07 Å². The summed E-state index contributed by atoms with van der Waals surface area (Å²) in [5.74, 6) is 0.142. The second kappa shape index (κ2) is 10.7. The number of pyridine rings is 2. The number of fused-ring (bicyclic) bond motifs is 1. The minimum absolute atomic E-state index is 0.0571. The van der Waals surface area contributed by atoms with Crippen LogP contribution in [0.15, 0.2) is 53.7 Å². The van der Waals surface area contributed by atoms with Gasteiger partial charge in [-0.15, -0.1) is 11.8 Å². The number of hydrogen-bond donors (Lipinski definition) is 2. The fraction of sp³-hybridized carbons (Fsp3) is 0.346. The first kappa shape index (κ1) is 23.7. The molecule has 7 nitrogen and oxygen atoms in total. The van der Waals surface area contributed by atoms with Gasteiger partial charge in [-0.3, -0.25) is 14.8 Å². The molecule has 5 rings (SSSR count). The Kier molecular flexibility index (Phi) is 7.26. The molecular weight excluding hydrogens is 467 g/mol. The maximum atomic E-state index is 14.7. The van der Waals surface area contributed by atoms with Crippen LogP contribution in [0.5, 0.6) is 11.5 Å². The summed E-state index contributed by atoms with van der Waals surface area (Å²) in [5, 5.41) is 6.18. The minimum Gasteiger partial charge on any atom is -0.453 e. The van der Waals surface area contributed by atoms with Gasteiger partial charge in [0, 0.05) is 62.8 Å². The predicted molar refractivity (Wildman–Crippen MR) is 132 cm³/mol. The summed E-state index contributed by atoms with van der Waals surface area (Å²) in [6.07, 6.45) is 6.09. The molecule has 9 heteroatoms. The van der Waals surface area contributed by atoms with Crippen LogP contribution in [0.3, 0.4) is 0 Å². The first-order valence-electron chi connectivity index (χ1n) is 11.7. The van der Waals surface area contributed by atoms with Crippen LogP contribution in [0.1, 0.15) is 35.0 Å². The van der Waals surface area contributed by atoms with E-state index < -0.39 is 5.82 Å². The molecule has 0 bridgehead atoms. The maximum absolute atomic E-state index is 14.7. The van der Waals surface area contributed by atoms with Crippen LogP contribution >= 0.6 is 11.8 Å². The van der Waals surface area contributed by atoms with E-state index in [0.29, 0.717) is 18.0 Å². The van der Waals surface area contributed by atoms with Crippen molar-refractivity contribution in [1.82, 2.24) is 15.3 Å². The van der Waals surface area contributed by atoms with Crippen molar-refractivity contribution in [2.45, 2.75) is 36.0 Å². The van der Waals surface area contributed by atoms with Crippen LogP contribution in [0.25, 0.3) is 0 Å². The summed E-state index contributed by atoms with van der Waals surface area (Å²) in [4.78, 5) is 22.0. The SMILES string of the molecule is COCCNCc1ccc(C2Cc3nccc(Oc4ccc(NC(=O)C5CC5)cc4F)c3S2)nc1. The minimum atomic E-state index is -0.528. The third-order valence-corrected chi connectivity index (χ3v) is 7.30. The smallest absolute Gasteiger partial charge is 0.227 e. The van der Waals surface area contributed by atoms with Crippen molar-refractivity contribution in [3.05, 3.63) is 71.6 Å². The molecule has 1 aromatic carbocycles. The number of carbonyl (C=O) groups is 1. The van der Waals surface area contributed by atoms with Crippen LogP contribution in [-0.2, 0) is 22.5 Å². The van der Waals surface area contributed by atoms with Gasteiger partial charge < -0.3 is 20.1 Å². The van der Waals surface area contributed by atoms with Gasteiger partial charge >= 0.3 is 0 Å². The van der Waals surface area contributed by atoms with Crippen LogP contribution in [-0.4, -0.2) is 36.1 Å². The van der Waals surface area contributed by atoms with E-state index >= 15 is 0 Å². The third kappa shape index (κ3) is 5.80. The number of hydrogen-bond acceptors (Lipinski definition) is 7. The Morgan fingerprint density at radius 1 is 1.17 bits per heavy atom. The molecule has 2 N–H and O–H groups in total. The standard InChI is InChI=1S/C26H27FN4O3S/c1-33-11-10-28-14-16-2-6-20(30-15-16)24-13-21-25(35-24)23(8-9-29-21)34-22-7-5-18(12-19(22)27)31-26(32)17-3-4-17/h2,5-9,12,15,17,24,28H,3-4,10-11,13-14H2,1H3,(H,31,32). The van der Waals surface area contributed by atoms with Crippen molar-refractivity contribution in [1.29, 1.82) is 0 Å². The number of amides is 1. The molecule has 182 valence electrons. The van der Waals surface area contributed by atoms with Crippen molar-refractivity contribution < 1.29 is 18.7 Å². The second-order valence-electron chi connectivity index (χ2n) is 8.67. The number of halogens is 1. The van der Waals surface area contributed by atoms with E-state index in [9.17, 15) is 9.18 Å². The molecule has 1 saturated carbocycles. The number of anilines is 1. The fourth-order valence-electron chi connectivity index (χ4n) is 3.86. The van der Waals surface area contributed by atoms with E-state index in [0.717, 1.165) is 54.2 Å². The van der Waals surface area contributed by atoms with Crippen molar-refractivity contribution in [3.63, 3.8) is 0 Å². The van der Waals surface area contributed by atoms with E-state index in [1.807, 2.05) is 12.3 Å². The number of carbonyl (C=O) groups excluding carboxylic acids is 1. The summed E-state index contributed by atoms with van der Waals surface area (Å²) < 4.78 is 25.7. The molecule has 1 amide bonds. The zero-order chi connectivity index (χ0) is 24.2. The maximum Gasteiger partial charge on any atom is 0.227 e. The number of benzene rings is 1. The number of methoxy groups -OCH3 is 1. The number of nitrogens with zero attached hydrogens (tertiary/aromatic N) is 2. The van der Waals surface area contributed by atoms with Gasteiger partial charge in [0.05, 0.1) is 28.1 Å². The van der Waals surface area contributed by atoms with Crippen LogP contribution < -0.4 is 15.4 Å². The molecule has 1 aliphatic heterocycles. The lowest BCUT2D eigenvalue weighted by molar-refractivity contribution is -0.117. The van der Waals surface area contributed by atoms with Crippen LogP contribution in [0, 0.1) is 11.7 Å². The quantitative estimate of drug-likeness (QED) is 0.389. The van der Waals surface area contributed by atoms with Gasteiger partial charge in [0.2, 0.25) is 5.91 Å². The van der Waals surface area contributed by atoms with Crippen molar-refractivity contribution in [2.24, 2.45) is 5.92 Å². The summed E-state index contributed by atoms with van der Waals surface area (Å²) in [6, 6.07) is 10.4. The number of ether oxygens (including phenoxy) is 2. The largest absolute Gasteiger partial charge is 0.453 e. The van der Waals surface area contributed by atoms with Crippen molar-refractivity contribution >= 4 is 23.4 Å². The molecule has 1 unspecified atom stereocenters. The highest BCUT2D eigenvalue weighted by Crippen LogP contribution is 2.50. The highest BCUT2D eigenvalue weighted by Gasteiger charge is 2.30. The molecule has 1 atom stereocenters. The molecule has 0 spiro atoms. The van der Waals surface area contributed by atoms with Gasteiger partial charge in [-0.25, -0.2) is 4.39 Å². The molecule has 1 fully saturated rings. The Bertz CT molecular complexity index is 1200. The lowest BCUT2D eigenvalue weighted by atomic mass is 10.1. The van der Waals surface area contributed by atoms with Gasteiger partial charge in [-0.05, 0) is 36.6 Å². The summed E-state index contributed by atoms with van der Waals surface area (Å²) in [7, 11) is 1.68. The zero-order valence-corrected chi connectivity index (χ0v) is 20.2. The van der Waals surface area contributed by atoms with Crippen LogP contribution in [0.2, 0.25) is 0 Å². The summed E-state index contributed by atoms with van der Waals surface area (Å²) >= 11 is 1.63. The lowest BCUT2D eigenvalue weighted by Crippen LogP contribution is -2.18. The molecule has 0 saturated heterocycles. The second-order valence-corrected chi connectivity index (χ2v) is 9.88. The van der Waals surface area contributed by atoms with Gasteiger partial charge in [-0.2, -0.15) is 0 Å². The Balaban J connectivity index is 1.24. The van der Waals surface area contributed by atoms with E-state index in [1.54, 1.807) is 43.3 Å². The number of aromatic nitrogens is 2. The van der Waals surface area contributed by atoms with E-state index in [-0.39, 0.29) is 22.8 Å². The summed E-state index contributed by atoms with van der Waals surface area (Å²) in [5.41, 5.74) is 3.43. The molecule has 1 aliphatic carbocycles. The average molecular weight is 495 g/mol. The van der Waals surface area contributed by atoms with Crippen molar-refractivity contribution in [3.8, 4) is 11.5 Å². The zero-order valence-electron chi connectivity index (χ0n) is 19.4. The Morgan fingerprint density at radius 3 is 2.80 bits per heavy atom. The van der Waals surface area contributed by atoms with E-state index in [1.165, 1.54) is 6.07 Å². The van der Waals surface area contributed by atoms with Crippen LogP contribution in [0.4, 0.5) is 10.1 Å². The van der Waals surface area contributed by atoms with Crippen molar-refractivity contribution in [2.75, 3.05) is 25.6 Å². The first-order valence-corrected chi connectivity index (χ1v) is 12.6. The Morgan fingerprint density at radius 2 is 2.06 bits per heavy atom. The first-order chi connectivity index (χ1) is 17.1. The molecule has 0 radical (unpaired) electrons. The van der Waals surface area contributed by atoms with E-state index in [2.05, 4.69) is 26.7 Å². The molecule has 2 aromatic heterocycles. The van der Waals surface area contributed by atoms with Gasteiger partial charge in [0.1, 0.15) is 5.75 Å². The van der Waals surface area contributed by atoms with Gasteiger partial charge in [0.25, 0.3) is 0 Å². The highest BCUT2D eigenvalue weighted by atomic mass is 32.2. The average Bonchev–Trinajstić information content (AvgIpc) is 3.63. The molecule has 35 heavy (non-hydrogen) atoms. The predicted octanol–water partition coefficient (Wildman–Crippen LogP) is 4.88. The van der Waals surface area contributed by atoms with Gasteiger partial charge in [0.15, 0.2) is 11.6 Å².